The fraction of sp³-hybridized carbons (Fsp3) is 0.360. The largest absolute Gasteiger partial charge is 0.354 e. The molecule has 4 aromatic rings. The van der Waals surface area contributed by atoms with E-state index in [2.05, 4.69) is 27.1 Å². The van der Waals surface area contributed by atoms with Gasteiger partial charge in [0.2, 0.25) is 5.95 Å². The molecule has 0 aliphatic heterocycles. The van der Waals surface area contributed by atoms with Crippen LogP contribution in [0.15, 0.2) is 39.9 Å². The molecule has 4 rings (SSSR count). The number of rotatable bonds is 6. The van der Waals surface area contributed by atoms with Crippen molar-refractivity contribution in [1.29, 1.82) is 0 Å². The summed E-state index contributed by atoms with van der Waals surface area (Å²) in [5, 5.41) is 5.12. The summed E-state index contributed by atoms with van der Waals surface area (Å²) < 4.78 is 4.31. The molecule has 0 saturated carbocycles. The van der Waals surface area contributed by atoms with Crippen LogP contribution in [0.2, 0.25) is 0 Å². The Labute approximate surface area is 197 Å². The number of nitrogens with two attached hydrogens (primary N) is 1. The molecular weight excluding hydrogens is 430 g/mol. The molecule has 0 unspecified atom stereocenters. The molecule has 34 heavy (non-hydrogen) atoms. The molecule has 3 N–H and O–H groups in total. The van der Waals surface area contributed by atoms with Gasteiger partial charge in [0.15, 0.2) is 11.2 Å². The molecule has 0 aliphatic carbocycles. The minimum absolute atomic E-state index is 0.0485. The number of fused-ring (bicyclic) bond motifs is 2. The summed E-state index contributed by atoms with van der Waals surface area (Å²) in [6.45, 7) is 8.14. The Balaban J connectivity index is 1.93. The topological polar surface area (TPSA) is 113 Å². The van der Waals surface area contributed by atoms with Crippen molar-refractivity contribution in [3.05, 3.63) is 62.6 Å². The third-order valence-electron chi connectivity index (χ3n) is 5.60. The number of aryl methyl sites for hydroxylation is 2. The van der Waals surface area contributed by atoms with Crippen LogP contribution < -0.4 is 22.3 Å². The van der Waals surface area contributed by atoms with Crippen LogP contribution in [0.4, 0.5) is 5.95 Å². The molecule has 0 atom stereocenters. The lowest BCUT2D eigenvalue weighted by Crippen LogP contribution is -2.40. The van der Waals surface area contributed by atoms with Crippen LogP contribution in [-0.4, -0.2) is 35.8 Å². The summed E-state index contributed by atoms with van der Waals surface area (Å²) in [4.78, 5) is 36.2. The van der Waals surface area contributed by atoms with Gasteiger partial charge in [0.05, 0.1) is 18.8 Å². The fourth-order valence-corrected chi connectivity index (χ4v) is 3.95. The van der Waals surface area contributed by atoms with Gasteiger partial charge in [-0.25, -0.2) is 4.79 Å². The van der Waals surface area contributed by atoms with E-state index in [9.17, 15) is 9.59 Å². The van der Waals surface area contributed by atoms with E-state index in [4.69, 9.17) is 5.73 Å². The summed E-state index contributed by atoms with van der Waals surface area (Å²) in [6.07, 6.45) is 0. The third-order valence-corrected chi connectivity index (χ3v) is 5.60. The number of aromatic nitrogens is 5. The highest BCUT2D eigenvalue weighted by Gasteiger charge is 2.22. The van der Waals surface area contributed by atoms with E-state index < -0.39 is 16.8 Å². The third kappa shape index (κ3) is 4.32. The lowest BCUT2D eigenvalue weighted by atomic mass is 10.1. The van der Waals surface area contributed by atoms with Gasteiger partial charge in [0.25, 0.3) is 5.56 Å². The Morgan fingerprint density at radius 1 is 1.15 bits per heavy atom. The van der Waals surface area contributed by atoms with Gasteiger partial charge in [-0.2, -0.15) is 4.98 Å². The Hall–Kier alpha value is -3.90. The Kier molecular flexibility index (Phi) is 6.02. The maximum absolute atomic E-state index is 13.7. The first-order valence-corrected chi connectivity index (χ1v) is 11.1. The van der Waals surface area contributed by atoms with Gasteiger partial charge < -0.3 is 11.1 Å². The van der Waals surface area contributed by atoms with Crippen LogP contribution in [0.1, 0.15) is 32.2 Å². The summed E-state index contributed by atoms with van der Waals surface area (Å²) in [7, 11) is 1.61. The van der Waals surface area contributed by atoms with Crippen molar-refractivity contribution in [2.45, 2.75) is 46.3 Å². The normalized spacial score (nSPS) is 11.6. The van der Waals surface area contributed by atoms with Gasteiger partial charge in [-0.15, -0.1) is 5.92 Å². The van der Waals surface area contributed by atoms with Crippen LogP contribution in [0.5, 0.6) is 0 Å². The number of nitrogens with zero attached hydrogens (tertiary/aromatic N) is 5. The molecule has 0 fully saturated rings. The van der Waals surface area contributed by atoms with Crippen LogP contribution in [0.25, 0.3) is 21.9 Å². The predicted octanol–water partition coefficient (Wildman–Crippen LogP) is 1.97. The summed E-state index contributed by atoms with van der Waals surface area (Å²) in [6, 6.07) is 9.80. The van der Waals surface area contributed by atoms with E-state index in [-0.39, 0.29) is 13.1 Å². The van der Waals surface area contributed by atoms with Gasteiger partial charge in [-0.05, 0) is 39.1 Å². The van der Waals surface area contributed by atoms with Crippen LogP contribution in [0.3, 0.4) is 0 Å². The van der Waals surface area contributed by atoms with Crippen molar-refractivity contribution in [2.75, 3.05) is 11.9 Å². The first-order chi connectivity index (χ1) is 16.1. The number of pyridine rings is 1. The maximum atomic E-state index is 13.7. The van der Waals surface area contributed by atoms with Crippen molar-refractivity contribution >= 4 is 27.9 Å². The first kappa shape index (κ1) is 23.3. The number of anilines is 1. The summed E-state index contributed by atoms with van der Waals surface area (Å²) in [5.74, 6) is 6.30. The number of imidazole rings is 1. The minimum atomic E-state index is -0.497. The van der Waals surface area contributed by atoms with E-state index in [0.29, 0.717) is 29.4 Å². The smallest absolute Gasteiger partial charge is 0.332 e. The molecule has 176 valence electrons. The maximum Gasteiger partial charge on any atom is 0.332 e. The molecular formula is C25H29N7O2. The molecule has 1 aromatic carbocycles. The SMILES string of the molecule is CC#CCn1c(NCC(C)(C)N)nc2c1c(=O)n(Cc1nc(C)cc3ccccc13)c(=O)n2C. The van der Waals surface area contributed by atoms with Gasteiger partial charge in [-0.3, -0.25) is 23.5 Å². The van der Waals surface area contributed by atoms with Crippen LogP contribution >= 0.6 is 0 Å². The molecule has 3 aromatic heterocycles. The van der Waals surface area contributed by atoms with Crippen molar-refractivity contribution in [3.63, 3.8) is 0 Å². The number of hydrogen-bond acceptors (Lipinski definition) is 6. The lowest BCUT2D eigenvalue weighted by molar-refractivity contribution is 0.546. The Morgan fingerprint density at radius 2 is 1.88 bits per heavy atom. The molecule has 0 aliphatic rings. The average molecular weight is 460 g/mol. The van der Waals surface area contributed by atoms with Gasteiger partial charge >= 0.3 is 5.69 Å². The summed E-state index contributed by atoms with van der Waals surface area (Å²) >= 11 is 0. The second-order valence-electron chi connectivity index (χ2n) is 9.13. The van der Waals surface area contributed by atoms with Gasteiger partial charge in [0, 0.05) is 30.2 Å². The van der Waals surface area contributed by atoms with E-state index in [1.165, 1.54) is 9.13 Å². The van der Waals surface area contributed by atoms with Crippen molar-refractivity contribution in [1.82, 2.24) is 23.7 Å². The second kappa shape index (κ2) is 8.80. The zero-order valence-corrected chi connectivity index (χ0v) is 20.1. The molecule has 9 heteroatoms. The first-order valence-electron chi connectivity index (χ1n) is 11.1. The van der Waals surface area contributed by atoms with Gasteiger partial charge in [-0.1, -0.05) is 30.2 Å². The molecule has 0 amide bonds. The molecule has 9 nitrogen and oxygen atoms in total. The number of nitrogens with one attached hydrogen (secondary N) is 1. The summed E-state index contributed by atoms with van der Waals surface area (Å²) in [5.41, 5.74) is 6.82. The predicted molar refractivity (Wildman–Crippen MR) is 135 cm³/mol. The second-order valence-corrected chi connectivity index (χ2v) is 9.13. The van der Waals surface area contributed by atoms with Crippen molar-refractivity contribution < 1.29 is 0 Å². The molecule has 0 spiro atoms. The Morgan fingerprint density at radius 3 is 2.59 bits per heavy atom. The molecule has 3 heterocycles. The highest BCUT2D eigenvalue weighted by atomic mass is 16.2. The molecule has 0 saturated heterocycles. The van der Waals surface area contributed by atoms with Crippen LogP contribution in [-0.2, 0) is 20.1 Å². The highest BCUT2D eigenvalue weighted by molar-refractivity contribution is 5.85. The highest BCUT2D eigenvalue weighted by Crippen LogP contribution is 2.20. The average Bonchev–Trinajstić information content (AvgIpc) is 3.15. The van der Waals surface area contributed by atoms with Gasteiger partial charge in [0.1, 0.15) is 0 Å². The standard InChI is InChI=1S/C25H29N7O2/c1-6-7-12-31-20-21(29-23(31)27-15-25(3,4)26)30(5)24(34)32(22(20)33)14-19-18-11-9-8-10-17(18)13-16(2)28-19/h8-11,13H,12,14-15,26H2,1-5H3,(H,27,29). The zero-order valence-electron chi connectivity index (χ0n) is 20.1. The minimum Gasteiger partial charge on any atom is -0.354 e. The van der Waals surface area contributed by atoms with Crippen LogP contribution in [0, 0.1) is 18.8 Å². The van der Waals surface area contributed by atoms with E-state index in [0.717, 1.165) is 16.5 Å². The Bertz CT molecular complexity index is 1570. The van der Waals surface area contributed by atoms with Crippen molar-refractivity contribution in [2.24, 2.45) is 12.8 Å². The number of hydrogen-bond donors (Lipinski definition) is 2. The van der Waals surface area contributed by atoms with E-state index in [1.54, 1.807) is 18.5 Å². The number of benzene rings is 1. The fourth-order valence-electron chi connectivity index (χ4n) is 3.95. The molecule has 0 radical (unpaired) electrons. The molecule has 0 bridgehead atoms. The monoisotopic (exact) mass is 459 g/mol. The lowest BCUT2D eigenvalue weighted by Gasteiger charge is -2.19. The van der Waals surface area contributed by atoms with E-state index in [1.807, 2.05) is 51.1 Å². The quantitative estimate of drug-likeness (QED) is 0.426. The zero-order chi connectivity index (χ0) is 24.6. The van der Waals surface area contributed by atoms with E-state index >= 15 is 0 Å². The van der Waals surface area contributed by atoms with Crippen molar-refractivity contribution in [3.8, 4) is 11.8 Å².